The van der Waals surface area contributed by atoms with E-state index in [4.69, 9.17) is 11.6 Å². The summed E-state index contributed by atoms with van der Waals surface area (Å²) in [6.07, 6.45) is 0. The quantitative estimate of drug-likeness (QED) is 0.547. The molecule has 3 nitrogen and oxygen atoms in total. The van der Waals surface area contributed by atoms with Crippen molar-refractivity contribution in [2.24, 2.45) is 0 Å². The first-order chi connectivity index (χ1) is 13.8. The summed E-state index contributed by atoms with van der Waals surface area (Å²) in [4.78, 5) is 0.317. The Hall–Kier alpha value is -2.35. The number of halogens is 4. The van der Waals surface area contributed by atoms with Gasteiger partial charge in [0.1, 0.15) is 17.5 Å². The van der Waals surface area contributed by atoms with E-state index in [2.05, 4.69) is 0 Å². The van der Waals surface area contributed by atoms with Crippen LogP contribution in [-0.2, 0) is 17.6 Å². The van der Waals surface area contributed by atoms with E-state index in [1.54, 1.807) is 6.92 Å². The predicted octanol–water partition coefficient (Wildman–Crippen LogP) is 5.54. The number of hydrogen-bond acceptors (Lipinski definition) is 2. The minimum Gasteiger partial charge on any atom is -0.392 e. The number of aliphatic hydroxyl groups is 1. The van der Waals surface area contributed by atoms with Crippen LogP contribution in [0.2, 0.25) is 5.02 Å². The van der Waals surface area contributed by atoms with Gasteiger partial charge in [0.05, 0.1) is 23.2 Å². The third-order valence-corrected chi connectivity index (χ3v) is 6.21. The monoisotopic (exact) mass is 439 g/mol. The molecule has 0 saturated carbocycles. The molecule has 0 fully saturated rings. The standard InChI is InChI=1S/C21H17ClF3NO2S/c1-13(19-8-4-16(23)10-14(19)12-27)26(21-11-17(24)5-9-20(21)25)29(28)18-6-2-15(22)3-7-18/h2-11,13,27H,12H2,1H3/t13-,29?/m1/s1. The lowest BCUT2D eigenvalue weighted by molar-refractivity contribution is 0.279. The highest BCUT2D eigenvalue weighted by atomic mass is 35.5. The van der Waals surface area contributed by atoms with Crippen LogP contribution in [0, 0.1) is 17.5 Å². The van der Waals surface area contributed by atoms with Crippen molar-refractivity contribution in [2.45, 2.75) is 24.5 Å². The average Bonchev–Trinajstić information content (AvgIpc) is 2.70. The largest absolute Gasteiger partial charge is 0.392 e. The van der Waals surface area contributed by atoms with Gasteiger partial charge in [0.2, 0.25) is 0 Å². The zero-order valence-electron chi connectivity index (χ0n) is 15.3. The van der Waals surface area contributed by atoms with Crippen LogP contribution in [0.4, 0.5) is 18.9 Å². The zero-order valence-corrected chi connectivity index (χ0v) is 16.9. The molecule has 1 unspecified atom stereocenters. The Morgan fingerprint density at radius 1 is 1.00 bits per heavy atom. The molecule has 0 aliphatic rings. The van der Waals surface area contributed by atoms with Crippen molar-refractivity contribution in [3.8, 4) is 0 Å². The summed E-state index contributed by atoms with van der Waals surface area (Å²) >= 11 is 5.89. The van der Waals surface area contributed by atoms with Gasteiger partial charge in [0, 0.05) is 11.1 Å². The van der Waals surface area contributed by atoms with Gasteiger partial charge in [0.25, 0.3) is 0 Å². The van der Waals surface area contributed by atoms with Crippen molar-refractivity contribution in [1.29, 1.82) is 0 Å². The van der Waals surface area contributed by atoms with Crippen LogP contribution in [0.25, 0.3) is 0 Å². The Morgan fingerprint density at radius 2 is 1.62 bits per heavy atom. The Balaban J connectivity index is 2.16. The van der Waals surface area contributed by atoms with Crippen LogP contribution < -0.4 is 4.31 Å². The smallest absolute Gasteiger partial charge is 0.153 e. The molecule has 152 valence electrons. The SMILES string of the molecule is C[C@H](c1ccc(F)cc1CO)N(c1cc(F)ccc1F)S(=O)c1ccc(Cl)cc1. The predicted molar refractivity (Wildman–Crippen MR) is 107 cm³/mol. The van der Waals surface area contributed by atoms with Crippen molar-refractivity contribution in [3.63, 3.8) is 0 Å². The van der Waals surface area contributed by atoms with Crippen LogP contribution in [0.15, 0.2) is 65.6 Å². The fourth-order valence-corrected chi connectivity index (χ4v) is 4.45. The maximum atomic E-state index is 14.6. The first kappa shape index (κ1) is 21.4. The minimum absolute atomic E-state index is 0.223. The van der Waals surface area contributed by atoms with Crippen molar-refractivity contribution < 1.29 is 22.5 Å². The zero-order chi connectivity index (χ0) is 21.1. The number of benzene rings is 3. The maximum Gasteiger partial charge on any atom is 0.153 e. The normalized spacial score (nSPS) is 13.2. The molecular formula is C21H17ClF3NO2S. The molecule has 0 amide bonds. The number of rotatable bonds is 6. The van der Waals surface area contributed by atoms with E-state index in [0.29, 0.717) is 15.5 Å². The highest BCUT2D eigenvalue weighted by molar-refractivity contribution is 7.86. The van der Waals surface area contributed by atoms with Crippen molar-refractivity contribution >= 4 is 28.3 Å². The second-order valence-electron chi connectivity index (χ2n) is 6.30. The second-order valence-corrected chi connectivity index (χ2v) is 8.10. The summed E-state index contributed by atoms with van der Waals surface area (Å²) in [5.41, 5.74) is 0.464. The van der Waals surface area contributed by atoms with E-state index in [1.807, 2.05) is 0 Å². The Morgan fingerprint density at radius 3 is 2.28 bits per heavy atom. The summed E-state index contributed by atoms with van der Waals surface area (Å²) in [7, 11) is -1.95. The molecular weight excluding hydrogens is 423 g/mol. The lowest BCUT2D eigenvalue weighted by Crippen LogP contribution is -2.30. The summed E-state index contributed by atoms with van der Waals surface area (Å²) < 4.78 is 56.7. The van der Waals surface area contributed by atoms with Crippen LogP contribution in [-0.4, -0.2) is 9.32 Å². The summed E-state index contributed by atoms with van der Waals surface area (Å²) in [5, 5.41) is 10.1. The van der Waals surface area contributed by atoms with Crippen LogP contribution in [0.3, 0.4) is 0 Å². The van der Waals surface area contributed by atoms with Crippen LogP contribution in [0.5, 0.6) is 0 Å². The average molecular weight is 440 g/mol. The highest BCUT2D eigenvalue weighted by Gasteiger charge is 2.28. The third kappa shape index (κ3) is 4.63. The molecule has 0 spiro atoms. The molecule has 0 radical (unpaired) electrons. The summed E-state index contributed by atoms with van der Waals surface area (Å²) in [5.74, 6) is -2.02. The van der Waals surface area contributed by atoms with Crippen molar-refractivity contribution in [1.82, 2.24) is 0 Å². The van der Waals surface area contributed by atoms with Gasteiger partial charge in [-0.15, -0.1) is 0 Å². The van der Waals surface area contributed by atoms with Gasteiger partial charge in [0.15, 0.2) is 11.0 Å². The maximum absolute atomic E-state index is 14.6. The molecule has 3 aromatic rings. The molecule has 3 rings (SSSR count). The van der Waals surface area contributed by atoms with Gasteiger partial charge in [-0.05, 0) is 66.6 Å². The van der Waals surface area contributed by atoms with Gasteiger partial charge >= 0.3 is 0 Å². The molecule has 0 bridgehead atoms. The van der Waals surface area contributed by atoms with E-state index in [9.17, 15) is 22.5 Å². The molecule has 0 aromatic heterocycles. The van der Waals surface area contributed by atoms with Gasteiger partial charge in [-0.2, -0.15) is 0 Å². The molecule has 0 saturated heterocycles. The fourth-order valence-electron chi connectivity index (χ4n) is 3.01. The van der Waals surface area contributed by atoms with E-state index in [-0.39, 0.29) is 11.3 Å². The molecule has 8 heteroatoms. The Kier molecular flexibility index (Phi) is 6.62. The first-order valence-electron chi connectivity index (χ1n) is 8.62. The molecule has 0 aliphatic heterocycles. The summed E-state index contributed by atoms with van der Waals surface area (Å²) in [6.45, 7) is 1.15. The lowest BCUT2D eigenvalue weighted by Gasteiger charge is -2.31. The van der Waals surface area contributed by atoms with Crippen LogP contribution in [0.1, 0.15) is 24.1 Å². The molecule has 1 N–H and O–H groups in total. The molecule has 0 heterocycles. The van der Waals surface area contributed by atoms with E-state index in [1.165, 1.54) is 40.7 Å². The Labute approximate surface area is 174 Å². The lowest BCUT2D eigenvalue weighted by atomic mass is 10.0. The molecule has 3 aromatic carbocycles. The van der Waals surface area contributed by atoms with Crippen LogP contribution >= 0.6 is 11.6 Å². The third-order valence-electron chi connectivity index (χ3n) is 4.42. The molecule has 2 atom stereocenters. The number of aliphatic hydroxyl groups excluding tert-OH is 1. The van der Waals surface area contributed by atoms with E-state index >= 15 is 0 Å². The summed E-state index contributed by atoms with van der Waals surface area (Å²) in [6, 6.07) is 12.0. The number of hydrogen-bond donors (Lipinski definition) is 1. The second kappa shape index (κ2) is 8.98. The van der Waals surface area contributed by atoms with Gasteiger partial charge in [-0.3, -0.25) is 4.31 Å². The first-order valence-corrected chi connectivity index (χ1v) is 10.1. The van der Waals surface area contributed by atoms with Gasteiger partial charge in [-0.25, -0.2) is 17.4 Å². The van der Waals surface area contributed by atoms with Gasteiger partial charge < -0.3 is 5.11 Å². The van der Waals surface area contributed by atoms with Crippen molar-refractivity contribution in [2.75, 3.05) is 4.31 Å². The highest BCUT2D eigenvalue weighted by Crippen LogP contribution is 2.35. The Bertz CT molecular complexity index is 1050. The number of anilines is 1. The number of nitrogens with zero attached hydrogens (tertiary/aromatic N) is 1. The molecule has 29 heavy (non-hydrogen) atoms. The van der Waals surface area contributed by atoms with Crippen molar-refractivity contribution in [3.05, 3.63) is 94.3 Å². The van der Waals surface area contributed by atoms with E-state index < -0.39 is 41.1 Å². The minimum atomic E-state index is -1.95. The van der Waals surface area contributed by atoms with E-state index in [0.717, 1.165) is 24.3 Å². The fraction of sp³-hybridized carbons (Fsp3) is 0.143. The topological polar surface area (TPSA) is 40.5 Å². The van der Waals surface area contributed by atoms with Gasteiger partial charge in [-0.1, -0.05) is 17.7 Å². The molecule has 0 aliphatic carbocycles.